The summed E-state index contributed by atoms with van der Waals surface area (Å²) in [6.07, 6.45) is 0.366. The van der Waals surface area contributed by atoms with Gasteiger partial charge in [0.15, 0.2) is 0 Å². The first-order valence-electron chi connectivity index (χ1n) is 14.3. The van der Waals surface area contributed by atoms with Crippen LogP contribution in [0.2, 0.25) is 0 Å². The van der Waals surface area contributed by atoms with E-state index in [1.54, 1.807) is 57.0 Å². The third-order valence-corrected chi connectivity index (χ3v) is 6.67. The summed E-state index contributed by atoms with van der Waals surface area (Å²) in [6, 6.07) is 21.8. The molecule has 3 amide bonds. The summed E-state index contributed by atoms with van der Waals surface area (Å²) in [5.74, 6) is -0.105. The van der Waals surface area contributed by atoms with Crippen molar-refractivity contribution in [1.29, 1.82) is 0 Å². The molecule has 224 valence electrons. The minimum atomic E-state index is -0.976. The molecule has 3 aromatic carbocycles. The zero-order valence-electron chi connectivity index (χ0n) is 25.6. The summed E-state index contributed by atoms with van der Waals surface area (Å²) >= 11 is 0. The lowest BCUT2D eigenvalue weighted by atomic mass is 9.97. The maximum atomic E-state index is 14.4. The highest BCUT2D eigenvalue weighted by Crippen LogP contribution is 2.28. The lowest BCUT2D eigenvalue weighted by Crippen LogP contribution is -2.55. The Morgan fingerprint density at radius 3 is 2.00 bits per heavy atom. The average molecular weight is 574 g/mol. The number of ether oxygens (including phenoxy) is 2. The summed E-state index contributed by atoms with van der Waals surface area (Å²) in [5, 5.41) is 5.76. The first-order chi connectivity index (χ1) is 19.9. The topological polar surface area (TPSA) is 97.0 Å². The second kappa shape index (κ2) is 14.5. The zero-order chi connectivity index (χ0) is 30.9. The van der Waals surface area contributed by atoms with Crippen LogP contribution in [0.15, 0.2) is 78.9 Å². The Labute approximate surface area is 249 Å². The number of amides is 3. The van der Waals surface area contributed by atoms with Crippen molar-refractivity contribution in [2.75, 3.05) is 12.4 Å². The Balaban J connectivity index is 2.03. The molecule has 0 spiro atoms. The van der Waals surface area contributed by atoms with Crippen molar-refractivity contribution in [3.05, 3.63) is 95.6 Å². The molecule has 3 aromatic rings. The van der Waals surface area contributed by atoms with Crippen LogP contribution < -0.4 is 15.4 Å². The molecule has 2 N–H and O–H groups in total. The number of alkyl carbamates (subject to hydrolysis) is 1. The third kappa shape index (κ3) is 9.09. The molecule has 2 atom stereocenters. The van der Waals surface area contributed by atoms with E-state index in [9.17, 15) is 14.4 Å². The van der Waals surface area contributed by atoms with E-state index in [4.69, 9.17) is 9.47 Å². The van der Waals surface area contributed by atoms with Gasteiger partial charge >= 0.3 is 6.09 Å². The number of benzene rings is 3. The first kappa shape index (κ1) is 32.2. The van der Waals surface area contributed by atoms with Crippen molar-refractivity contribution >= 4 is 23.6 Å². The molecule has 0 aliphatic carbocycles. The Morgan fingerprint density at radius 2 is 1.48 bits per heavy atom. The summed E-state index contributed by atoms with van der Waals surface area (Å²) in [7, 11) is 1.58. The number of hydrogen-bond donors (Lipinski definition) is 2. The molecule has 0 heterocycles. The minimum Gasteiger partial charge on any atom is -0.497 e. The largest absolute Gasteiger partial charge is 0.497 e. The fraction of sp³-hybridized carbons (Fsp3) is 0.382. The molecule has 42 heavy (non-hydrogen) atoms. The van der Waals surface area contributed by atoms with Gasteiger partial charge in [0.2, 0.25) is 5.91 Å². The van der Waals surface area contributed by atoms with Crippen molar-refractivity contribution in [2.45, 2.75) is 78.1 Å². The molecular weight excluding hydrogens is 530 g/mol. The quantitative estimate of drug-likeness (QED) is 0.280. The Hall–Kier alpha value is -4.33. The van der Waals surface area contributed by atoms with Crippen LogP contribution in [-0.2, 0) is 27.2 Å². The normalized spacial score (nSPS) is 12.7. The van der Waals surface area contributed by atoms with Crippen molar-refractivity contribution in [1.82, 2.24) is 10.2 Å². The Morgan fingerprint density at radius 1 is 0.857 bits per heavy atom. The van der Waals surface area contributed by atoms with Crippen LogP contribution in [0.4, 0.5) is 10.5 Å². The number of hydrogen-bond acceptors (Lipinski definition) is 5. The molecule has 0 saturated heterocycles. The number of carbonyl (C=O) groups excluding carboxylic acids is 3. The van der Waals surface area contributed by atoms with Crippen LogP contribution in [0.1, 0.15) is 64.3 Å². The number of nitrogens with one attached hydrogen (secondary N) is 2. The smallest absolute Gasteiger partial charge is 0.408 e. The van der Waals surface area contributed by atoms with Gasteiger partial charge in [0, 0.05) is 18.2 Å². The van der Waals surface area contributed by atoms with Gasteiger partial charge in [-0.3, -0.25) is 9.59 Å². The zero-order valence-corrected chi connectivity index (χ0v) is 25.6. The van der Waals surface area contributed by atoms with E-state index < -0.39 is 29.7 Å². The highest BCUT2D eigenvalue weighted by atomic mass is 16.6. The monoisotopic (exact) mass is 573 g/mol. The maximum Gasteiger partial charge on any atom is 0.408 e. The molecule has 8 nitrogen and oxygen atoms in total. The molecule has 0 aliphatic rings. The van der Waals surface area contributed by atoms with Gasteiger partial charge in [-0.2, -0.15) is 0 Å². The van der Waals surface area contributed by atoms with E-state index in [0.717, 1.165) is 17.5 Å². The molecule has 2 unspecified atom stereocenters. The summed E-state index contributed by atoms with van der Waals surface area (Å²) < 4.78 is 10.7. The van der Waals surface area contributed by atoms with Crippen molar-refractivity contribution in [3.63, 3.8) is 0 Å². The summed E-state index contributed by atoms with van der Waals surface area (Å²) in [6.45, 7) is 11.1. The first-order valence-corrected chi connectivity index (χ1v) is 14.3. The predicted octanol–water partition coefficient (Wildman–Crippen LogP) is 6.31. The Bertz CT molecular complexity index is 1320. The highest BCUT2D eigenvalue weighted by Gasteiger charge is 2.38. The Kier molecular flexibility index (Phi) is 11.1. The second-order valence-corrected chi connectivity index (χ2v) is 11.4. The van der Waals surface area contributed by atoms with Gasteiger partial charge in [-0.15, -0.1) is 0 Å². The summed E-state index contributed by atoms with van der Waals surface area (Å²) in [5.41, 5.74) is 2.46. The van der Waals surface area contributed by atoms with E-state index in [0.29, 0.717) is 17.0 Å². The number of nitrogens with zero attached hydrogens (tertiary/aromatic N) is 1. The van der Waals surface area contributed by atoms with Crippen molar-refractivity contribution < 1.29 is 23.9 Å². The van der Waals surface area contributed by atoms with E-state index in [1.807, 2.05) is 68.4 Å². The number of aryl methyl sites for hydroxylation is 1. The second-order valence-electron chi connectivity index (χ2n) is 11.4. The fourth-order valence-electron chi connectivity index (χ4n) is 4.62. The van der Waals surface area contributed by atoms with Crippen LogP contribution >= 0.6 is 0 Å². The number of anilines is 1. The molecular formula is C34H43N3O5. The van der Waals surface area contributed by atoms with Gasteiger partial charge in [-0.1, -0.05) is 61.5 Å². The third-order valence-electron chi connectivity index (χ3n) is 6.67. The van der Waals surface area contributed by atoms with Gasteiger partial charge in [-0.05, 0) is 82.0 Å². The van der Waals surface area contributed by atoms with E-state index >= 15 is 0 Å². The lowest BCUT2D eigenvalue weighted by molar-refractivity contribution is -0.142. The van der Waals surface area contributed by atoms with Gasteiger partial charge in [0.25, 0.3) is 5.91 Å². The van der Waals surface area contributed by atoms with E-state index in [1.165, 1.54) is 0 Å². The molecule has 8 heteroatoms. The molecule has 0 aromatic heterocycles. The average Bonchev–Trinajstić information content (AvgIpc) is 2.95. The number of carbonyl (C=O) groups is 3. The number of rotatable bonds is 11. The molecule has 0 bridgehead atoms. The molecule has 0 aliphatic heterocycles. The van der Waals surface area contributed by atoms with Crippen LogP contribution in [0.5, 0.6) is 5.75 Å². The van der Waals surface area contributed by atoms with Crippen LogP contribution in [0, 0.1) is 0 Å². The fourth-order valence-corrected chi connectivity index (χ4v) is 4.62. The van der Waals surface area contributed by atoms with Crippen molar-refractivity contribution in [3.8, 4) is 5.75 Å². The number of methoxy groups -OCH3 is 1. The van der Waals surface area contributed by atoms with Crippen LogP contribution in [-0.4, -0.2) is 47.6 Å². The van der Waals surface area contributed by atoms with Crippen molar-refractivity contribution in [2.24, 2.45) is 0 Å². The molecule has 0 saturated carbocycles. The van der Waals surface area contributed by atoms with Gasteiger partial charge in [0.05, 0.1) is 7.11 Å². The summed E-state index contributed by atoms with van der Waals surface area (Å²) in [4.78, 5) is 42.9. The van der Waals surface area contributed by atoms with E-state index in [-0.39, 0.29) is 18.4 Å². The standard InChI is InChI=1S/C34H43N3O5/c1-8-24-14-16-26(17-15-24)30(31(38)35-27-18-20-28(41-7)21-19-27)37(23(2)3)32(39)29(22-25-12-10-9-11-13-25)36-33(40)42-34(4,5)6/h9-21,23,29-30H,8,22H2,1-7H3,(H,35,38)(H,36,40). The maximum absolute atomic E-state index is 14.4. The van der Waals surface area contributed by atoms with Crippen LogP contribution in [0.3, 0.4) is 0 Å². The van der Waals surface area contributed by atoms with Gasteiger partial charge < -0.3 is 25.0 Å². The molecule has 0 fully saturated rings. The van der Waals surface area contributed by atoms with Crippen LogP contribution in [0.25, 0.3) is 0 Å². The molecule has 3 rings (SSSR count). The minimum absolute atomic E-state index is 0.226. The SMILES string of the molecule is CCc1ccc(C(C(=O)Nc2ccc(OC)cc2)N(C(=O)C(Cc2ccccc2)NC(=O)OC(C)(C)C)C(C)C)cc1. The molecule has 0 radical (unpaired) electrons. The van der Waals surface area contributed by atoms with Gasteiger partial charge in [-0.25, -0.2) is 4.79 Å². The predicted molar refractivity (Wildman–Crippen MR) is 165 cm³/mol. The van der Waals surface area contributed by atoms with E-state index in [2.05, 4.69) is 17.6 Å². The lowest BCUT2D eigenvalue weighted by Gasteiger charge is -2.37. The van der Waals surface area contributed by atoms with Gasteiger partial charge in [0.1, 0.15) is 23.4 Å². The highest BCUT2D eigenvalue weighted by molar-refractivity contribution is 5.99.